The Bertz CT molecular complexity index is 664. The van der Waals surface area contributed by atoms with Gasteiger partial charge in [-0.3, -0.25) is 0 Å². The lowest BCUT2D eigenvalue weighted by Gasteiger charge is -2.30. The van der Waals surface area contributed by atoms with Gasteiger partial charge in [0.25, 0.3) is 0 Å². The van der Waals surface area contributed by atoms with Crippen molar-refractivity contribution in [2.45, 2.75) is 13.0 Å². The molecule has 1 aromatic carbocycles. The standard InChI is InChI=1S/C17H21ClN2O3S/c1-12(15-5-4-9-23-15)20(8-10-21-2)17(24)19-14-7-6-13(18)11-16(14)22-3/h4-7,9,11-12H,8,10H2,1-3H3,(H,19,24)/t12-/m1/s1. The summed E-state index contributed by atoms with van der Waals surface area (Å²) in [5, 5.41) is 4.37. The van der Waals surface area contributed by atoms with Gasteiger partial charge in [-0.2, -0.15) is 0 Å². The molecule has 130 valence electrons. The number of nitrogens with one attached hydrogen (secondary N) is 1. The summed E-state index contributed by atoms with van der Waals surface area (Å²) < 4.78 is 16.1. The number of furan rings is 1. The molecule has 24 heavy (non-hydrogen) atoms. The molecule has 0 fully saturated rings. The molecule has 2 aromatic rings. The Kier molecular flexibility index (Phi) is 6.90. The van der Waals surface area contributed by atoms with Crippen molar-refractivity contribution in [3.63, 3.8) is 0 Å². The lowest BCUT2D eigenvalue weighted by atomic mass is 10.2. The maximum absolute atomic E-state index is 6.00. The molecule has 0 saturated heterocycles. The van der Waals surface area contributed by atoms with Gasteiger partial charge in [-0.05, 0) is 43.4 Å². The van der Waals surface area contributed by atoms with E-state index in [0.29, 0.717) is 29.0 Å². The fourth-order valence-corrected chi connectivity index (χ4v) is 2.82. The topological polar surface area (TPSA) is 46.9 Å². The molecular formula is C17H21ClN2O3S. The first kappa shape index (κ1) is 18.6. The van der Waals surface area contributed by atoms with E-state index in [9.17, 15) is 0 Å². The molecule has 0 saturated carbocycles. The summed E-state index contributed by atoms with van der Waals surface area (Å²) in [5.74, 6) is 1.46. The van der Waals surface area contributed by atoms with Crippen LogP contribution in [0.15, 0.2) is 41.0 Å². The van der Waals surface area contributed by atoms with Crippen molar-refractivity contribution < 1.29 is 13.9 Å². The highest BCUT2D eigenvalue weighted by molar-refractivity contribution is 7.80. The molecule has 0 aliphatic heterocycles. The first-order chi connectivity index (χ1) is 11.6. The average molecular weight is 369 g/mol. The Morgan fingerprint density at radius 1 is 1.38 bits per heavy atom. The van der Waals surface area contributed by atoms with Crippen molar-refractivity contribution in [3.8, 4) is 5.75 Å². The molecule has 0 spiro atoms. The zero-order valence-electron chi connectivity index (χ0n) is 13.9. The van der Waals surface area contributed by atoms with Crippen LogP contribution in [-0.2, 0) is 4.74 Å². The summed E-state index contributed by atoms with van der Waals surface area (Å²) in [6, 6.07) is 9.11. The largest absolute Gasteiger partial charge is 0.495 e. The van der Waals surface area contributed by atoms with Crippen LogP contribution in [0.25, 0.3) is 0 Å². The van der Waals surface area contributed by atoms with Gasteiger partial charge in [0.15, 0.2) is 5.11 Å². The normalized spacial score (nSPS) is 11.8. The molecule has 0 amide bonds. The second-order valence-electron chi connectivity index (χ2n) is 5.15. The molecule has 2 rings (SSSR count). The second-order valence-corrected chi connectivity index (χ2v) is 5.98. The van der Waals surface area contributed by atoms with Crippen LogP contribution in [0.2, 0.25) is 5.02 Å². The van der Waals surface area contributed by atoms with Crippen LogP contribution < -0.4 is 10.1 Å². The average Bonchev–Trinajstić information content (AvgIpc) is 3.11. The van der Waals surface area contributed by atoms with E-state index in [0.717, 1.165) is 11.4 Å². The van der Waals surface area contributed by atoms with Crippen molar-refractivity contribution in [1.82, 2.24) is 4.90 Å². The maximum Gasteiger partial charge on any atom is 0.174 e. The molecule has 1 atom stereocenters. The van der Waals surface area contributed by atoms with Gasteiger partial charge in [-0.25, -0.2) is 0 Å². The van der Waals surface area contributed by atoms with Crippen LogP contribution in [-0.4, -0.2) is 37.4 Å². The monoisotopic (exact) mass is 368 g/mol. The number of anilines is 1. The summed E-state index contributed by atoms with van der Waals surface area (Å²) in [6.07, 6.45) is 1.65. The fourth-order valence-electron chi connectivity index (χ4n) is 2.30. The maximum atomic E-state index is 6.00. The van der Waals surface area contributed by atoms with E-state index < -0.39 is 0 Å². The van der Waals surface area contributed by atoms with Gasteiger partial charge in [-0.1, -0.05) is 11.6 Å². The smallest absolute Gasteiger partial charge is 0.174 e. The zero-order valence-corrected chi connectivity index (χ0v) is 15.5. The van der Waals surface area contributed by atoms with E-state index in [4.69, 9.17) is 37.7 Å². The summed E-state index contributed by atoms with van der Waals surface area (Å²) in [7, 11) is 3.25. The molecule has 1 aromatic heterocycles. The zero-order chi connectivity index (χ0) is 17.5. The predicted molar refractivity (Wildman–Crippen MR) is 99.9 cm³/mol. The molecule has 0 aliphatic carbocycles. The summed E-state index contributed by atoms with van der Waals surface area (Å²) in [6.45, 7) is 3.20. The third-order valence-electron chi connectivity index (χ3n) is 3.62. The number of ether oxygens (including phenoxy) is 2. The third-order valence-corrected chi connectivity index (χ3v) is 4.20. The van der Waals surface area contributed by atoms with E-state index in [1.807, 2.05) is 30.0 Å². The number of rotatable bonds is 7. The van der Waals surface area contributed by atoms with Crippen molar-refractivity contribution in [3.05, 3.63) is 47.4 Å². The number of benzene rings is 1. The molecule has 7 heteroatoms. The molecular weight excluding hydrogens is 348 g/mol. The Labute approximate surface area is 152 Å². The Morgan fingerprint density at radius 3 is 2.79 bits per heavy atom. The summed E-state index contributed by atoms with van der Waals surface area (Å²) in [5.41, 5.74) is 0.751. The van der Waals surface area contributed by atoms with E-state index in [1.165, 1.54) is 0 Å². The van der Waals surface area contributed by atoms with E-state index >= 15 is 0 Å². The molecule has 0 radical (unpaired) electrons. The summed E-state index contributed by atoms with van der Waals surface area (Å²) in [4.78, 5) is 2.01. The van der Waals surface area contributed by atoms with Crippen molar-refractivity contribution in [2.75, 3.05) is 32.7 Å². The minimum atomic E-state index is -0.0338. The number of halogens is 1. The van der Waals surface area contributed by atoms with Crippen LogP contribution in [0.4, 0.5) is 5.69 Å². The van der Waals surface area contributed by atoms with E-state index in [-0.39, 0.29) is 6.04 Å². The van der Waals surface area contributed by atoms with Crippen LogP contribution in [0.3, 0.4) is 0 Å². The van der Waals surface area contributed by atoms with Gasteiger partial charge < -0.3 is 24.1 Å². The van der Waals surface area contributed by atoms with Crippen LogP contribution >= 0.6 is 23.8 Å². The minimum absolute atomic E-state index is 0.0338. The van der Waals surface area contributed by atoms with Gasteiger partial charge in [0.2, 0.25) is 0 Å². The number of hydrogen-bond donors (Lipinski definition) is 1. The number of thiocarbonyl (C=S) groups is 1. The van der Waals surface area contributed by atoms with Gasteiger partial charge in [0.1, 0.15) is 11.5 Å². The van der Waals surface area contributed by atoms with Crippen molar-refractivity contribution in [1.29, 1.82) is 0 Å². The Balaban J connectivity index is 2.18. The van der Waals surface area contributed by atoms with Crippen LogP contribution in [0.5, 0.6) is 5.75 Å². The highest BCUT2D eigenvalue weighted by atomic mass is 35.5. The Morgan fingerprint density at radius 2 is 2.17 bits per heavy atom. The van der Waals surface area contributed by atoms with Crippen molar-refractivity contribution in [2.24, 2.45) is 0 Å². The second kappa shape index (κ2) is 8.92. The van der Waals surface area contributed by atoms with Crippen LogP contribution in [0, 0.1) is 0 Å². The first-order valence-corrected chi connectivity index (χ1v) is 8.29. The number of nitrogens with zero attached hydrogens (tertiary/aromatic N) is 1. The van der Waals surface area contributed by atoms with Gasteiger partial charge in [-0.15, -0.1) is 0 Å². The predicted octanol–water partition coefficient (Wildman–Crippen LogP) is 4.35. The number of hydrogen-bond acceptors (Lipinski definition) is 4. The lowest BCUT2D eigenvalue weighted by molar-refractivity contribution is 0.160. The van der Waals surface area contributed by atoms with Gasteiger partial charge in [0.05, 0.1) is 31.7 Å². The van der Waals surface area contributed by atoms with E-state index in [1.54, 1.807) is 32.6 Å². The quantitative estimate of drug-likeness (QED) is 0.733. The molecule has 1 N–H and O–H groups in total. The first-order valence-electron chi connectivity index (χ1n) is 7.50. The van der Waals surface area contributed by atoms with Gasteiger partial charge >= 0.3 is 0 Å². The molecule has 5 nitrogen and oxygen atoms in total. The summed E-state index contributed by atoms with van der Waals surface area (Å²) >= 11 is 11.6. The highest BCUT2D eigenvalue weighted by Crippen LogP contribution is 2.29. The molecule has 0 aliphatic rings. The molecule has 0 unspecified atom stereocenters. The van der Waals surface area contributed by atoms with Gasteiger partial charge in [0, 0.05) is 24.7 Å². The molecule has 0 bridgehead atoms. The number of methoxy groups -OCH3 is 2. The highest BCUT2D eigenvalue weighted by Gasteiger charge is 2.21. The van der Waals surface area contributed by atoms with Crippen molar-refractivity contribution >= 4 is 34.6 Å². The molecule has 1 heterocycles. The minimum Gasteiger partial charge on any atom is -0.495 e. The van der Waals surface area contributed by atoms with Crippen LogP contribution in [0.1, 0.15) is 18.7 Å². The fraction of sp³-hybridized carbons (Fsp3) is 0.353. The lowest BCUT2D eigenvalue weighted by Crippen LogP contribution is -2.39. The Hall–Kier alpha value is -1.76. The third kappa shape index (κ3) is 4.63. The SMILES string of the molecule is COCCN(C(=S)Nc1ccc(Cl)cc1OC)[C@H](C)c1ccco1. The van der Waals surface area contributed by atoms with E-state index in [2.05, 4.69) is 5.32 Å².